The fourth-order valence-corrected chi connectivity index (χ4v) is 2.48. The standard InChI is InChI=1S/C9H12N2O2/c12-7-6-1-2-9(3-4-9)5-11(6)8(13)10-7/h6H,1-5H2,(H,10,12,13)/t6-/m0/s1. The number of carbonyl (C=O) groups is 2. The number of fused-ring (bicyclic) bond motifs is 1. The molecule has 3 aliphatic rings. The Labute approximate surface area is 76.3 Å². The van der Waals surface area contributed by atoms with Crippen molar-refractivity contribution in [3.63, 3.8) is 0 Å². The molecular formula is C9H12N2O2. The molecule has 0 radical (unpaired) electrons. The quantitative estimate of drug-likeness (QED) is 0.551. The molecule has 70 valence electrons. The Bertz CT molecular complexity index is 296. The van der Waals surface area contributed by atoms with Crippen LogP contribution in [0.15, 0.2) is 0 Å². The van der Waals surface area contributed by atoms with Crippen molar-refractivity contribution in [1.82, 2.24) is 10.2 Å². The maximum atomic E-state index is 11.3. The van der Waals surface area contributed by atoms with E-state index in [9.17, 15) is 9.59 Å². The average Bonchev–Trinajstić information content (AvgIpc) is 2.78. The van der Waals surface area contributed by atoms with E-state index in [-0.39, 0.29) is 18.0 Å². The molecule has 13 heavy (non-hydrogen) atoms. The van der Waals surface area contributed by atoms with Gasteiger partial charge in [0.15, 0.2) is 0 Å². The molecule has 2 aliphatic heterocycles. The zero-order valence-corrected chi connectivity index (χ0v) is 7.38. The summed E-state index contributed by atoms with van der Waals surface area (Å²) in [7, 11) is 0. The fourth-order valence-electron chi connectivity index (χ4n) is 2.48. The fraction of sp³-hybridized carbons (Fsp3) is 0.778. The number of piperidine rings is 1. The van der Waals surface area contributed by atoms with Gasteiger partial charge in [-0.3, -0.25) is 10.1 Å². The minimum Gasteiger partial charge on any atom is -0.312 e. The van der Waals surface area contributed by atoms with Crippen LogP contribution in [0, 0.1) is 5.41 Å². The van der Waals surface area contributed by atoms with Crippen LogP contribution in [0.25, 0.3) is 0 Å². The van der Waals surface area contributed by atoms with Crippen molar-refractivity contribution in [2.45, 2.75) is 31.7 Å². The zero-order chi connectivity index (χ0) is 9.05. The number of urea groups is 1. The first-order valence-corrected chi connectivity index (χ1v) is 4.82. The lowest BCUT2D eigenvalue weighted by atomic mass is 9.91. The summed E-state index contributed by atoms with van der Waals surface area (Å²) in [5.74, 6) is -0.0968. The third kappa shape index (κ3) is 0.913. The molecule has 3 fully saturated rings. The Kier molecular flexibility index (Phi) is 1.16. The van der Waals surface area contributed by atoms with Crippen LogP contribution in [0.4, 0.5) is 4.79 Å². The van der Waals surface area contributed by atoms with Crippen molar-refractivity contribution < 1.29 is 9.59 Å². The summed E-state index contributed by atoms with van der Waals surface area (Å²) in [4.78, 5) is 24.3. The largest absolute Gasteiger partial charge is 0.324 e. The minimum atomic E-state index is -0.180. The number of nitrogens with one attached hydrogen (secondary N) is 1. The molecule has 0 bridgehead atoms. The highest BCUT2D eigenvalue weighted by Crippen LogP contribution is 2.53. The number of hydrogen-bond acceptors (Lipinski definition) is 2. The van der Waals surface area contributed by atoms with E-state index in [1.54, 1.807) is 4.90 Å². The van der Waals surface area contributed by atoms with E-state index in [1.807, 2.05) is 0 Å². The van der Waals surface area contributed by atoms with Gasteiger partial charge in [0.1, 0.15) is 6.04 Å². The van der Waals surface area contributed by atoms with Crippen LogP contribution >= 0.6 is 0 Å². The summed E-state index contributed by atoms with van der Waals surface area (Å²) >= 11 is 0. The normalized spacial score (nSPS) is 34.8. The monoisotopic (exact) mass is 180 g/mol. The lowest BCUT2D eigenvalue weighted by Crippen LogP contribution is -2.43. The molecule has 4 heteroatoms. The van der Waals surface area contributed by atoms with E-state index < -0.39 is 0 Å². The molecule has 1 saturated carbocycles. The molecule has 2 heterocycles. The van der Waals surface area contributed by atoms with Crippen LogP contribution in [-0.2, 0) is 4.79 Å². The predicted molar refractivity (Wildman–Crippen MR) is 44.9 cm³/mol. The van der Waals surface area contributed by atoms with E-state index >= 15 is 0 Å². The van der Waals surface area contributed by atoms with Crippen molar-refractivity contribution >= 4 is 11.9 Å². The third-order valence-electron chi connectivity index (χ3n) is 3.58. The number of amides is 3. The second kappa shape index (κ2) is 2.05. The first-order chi connectivity index (χ1) is 6.20. The lowest BCUT2D eigenvalue weighted by Gasteiger charge is -2.32. The maximum absolute atomic E-state index is 11.3. The molecule has 0 aromatic carbocycles. The van der Waals surface area contributed by atoms with E-state index in [0.717, 1.165) is 19.4 Å². The van der Waals surface area contributed by atoms with Gasteiger partial charge in [-0.15, -0.1) is 0 Å². The van der Waals surface area contributed by atoms with Gasteiger partial charge in [0.05, 0.1) is 0 Å². The van der Waals surface area contributed by atoms with Gasteiger partial charge in [-0.2, -0.15) is 0 Å². The summed E-state index contributed by atoms with van der Waals surface area (Å²) in [6.07, 6.45) is 4.45. The Balaban J connectivity index is 1.86. The number of hydrogen-bond donors (Lipinski definition) is 1. The van der Waals surface area contributed by atoms with E-state index in [2.05, 4.69) is 5.32 Å². The van der Waals surface area contributed by atoms with Gasteiger partial charge in [-0.05, 0) is 31.1 Å². The molecule has 0 aromatic heterocycles. The molecule has 2 saturated heterocycles. The topological polar surface area (TPSA) is 49.4 Å². The maximum Gasteiger partial charge on any atom is 0.324 e. The summed E-state index contributed by atoms with van der Waals surface area (Å²) in [6.45, 7) is 0.801. The van der Waals surface area contributed by atoms with E-state index in [0.29, 0.717) is 5.41 Å². The third-order valence-corrected chi connectivity index (χ3v) is 3.58. The van der Waals surface area contributed by atoms with Crippen LogP contribution in [0.5, 0.6) is 0 Å². The van der Waals surface area contributed by atoms with Gasteiger partial charge in [0.25, 0.3) is 5.91 Å². The minimum absolute atomic E-state index is 0.0968. The first-order valence-electron chi connectivity index (χ1n) is 4.82. The van der Waals surface area contributed by atoms with E-state index in [1.165, 1.54) is 12.8 Å². The Morgan fingerprint density at radius 3 is 2.77 bits per heavy atom. The highest BCUT2D eigenvalue weighted by atomic mass is 16.2. The van der Waals surface area contributed by atoms with Crippen LogP contribution in [0.2, 0.25) is 0 Å². The SMILES string of the molecule is O=C1NC(=O)N2CC3(CC[C@@H]12)CC3. The highest BCUT2D eigenvalue weighted by Gasteiger charge is 2.53. The zero-order valence-electron chi connectivity index (χ0n) is 7.38. The lowest BCUT2D eigenvalue weighted by molar-refractivity contribution is -0.122. The summed E-state index contributed by atoms with van der Waals surface area (Å²) in [5.41, 5.74) is 0.401. The van der Waals surface area contributed by atoms with Gasteiger partial charge >= 0.3 is 6.03 Å². The predicted octanol–water partition coefficient (Wildman–Crippen LogP) is 0.481. The van der Waals surface area contributed by atoms with Gasteiger partial charge in [-0.1, -0.05) is 0 Å². The molecule has 1 atom stereocenters. The Morgan fingerprint density at radius 2 is 2.08 bits per heavy atom. The van der Waals surface area contributed by atoms with Crippen molar-refractivity contribution in [2.24, 2.45) is 5.41 Å². The summed E-state index contributed by atoms with van der Waals surface area (Å²) in [6, 6.07) is -0.334. The molecule has 1 spiro atoms. The molecular weight excluding hydrogens is 168 g/mol. The molecule has 1 N–H and O–H groups in total. The van der Waals surface area contributed by atoms with Crippen LogP contribution in [-0.4, -0.2) is 29.4 Å². The van der Waals surface area contributed by atoms with Crippen LogP contribution in [0.3, 0.4) is 0 Å². The van der Waals surface area contributed by atoms with Crippen LogP contribution < -0.4 is 5.32 Å². The molecule has 1 aliphatic carbocycles. The second-order valence-corrected chi connectivity index (χ2v) is 4.48. The van der Waals surface area contributed by atoms with Crippen molar-refractivity contribution in [3.05, 3.63) is 0 Å². The molecule has 3 amide bonds. The number of imide groups is 1. The highest BCUT2D eigenvalue weighted by molar-refractivity contribution is 6.04. The smallest absolute Gasteiger partial charge is 0.312 e. The van der Waals surface area contributed by atoms with Crippen molar-refractivity contribution in [2.75, 3.05) is 6.54 Å². The van der Waals surface area contributed by atoms with Crippen LogP contribution in [0.1, 0.15) is 25.7 Å². The first kappa shape index (κ1) is 7.35. The molecule has 3 rings (SSSR count). The number of rotatable bonds is 0. The summed E-state index contributed by atoms with van der Waals surface area (Å²) < 4.78 is 0. The van der Waals surface area contributed by atoms with Crippen molar-refractivity contribution in [3.8, 4) is 0 Å². The van der Waals surface area contributed by atoms with Gasteiger partial charge < -0.3 is 4.90 Å². The Morgan fingerprint density at radius 1 is 1.31 bits per heavy atom. The van der Waals surface area contributed by atoms with Crippen molar-refractivity contribution in [1.29, 1.82) is 0 Å². The number of nitrogens with zero attached hydrogens (tertiary/aromatic N) is 1. The van der Waals surface area contributed by atoms with Gasteiger partial charge in [-0.25, -0.2) is 4.79 Å². The van der Waals surface area contributed by atoms with Gasteiger partial charge in [0, 0.05) is 6.54 Å². The Hall–Kier alpha value is -1.06. The summed E-state index contributed by atoms with van der Waals surface area (Å²) in [5, 5.41) is 2.37. The van der Waals surface area contributed by atoms with E-state index in [4.69, 9.17) is 0 Å². The molecule has 4 nitrogen and oxygen atoms in total. The average molecular weight is 180 g/mol. The number of carbonyl (C=O) groups excluding carboxylic acids is 2. The second-order valence-electron chi connectivity index (χ2n) is 4.48. The van der Waals surface area contributed by atoms with Gasteiger partial charge in [0.2, 0.25) is 0 Å². The molecule has 0 aromatic rings. The molecule has 0 unspecified atom stereocenters.